The number of alkyl halides is 2. The Kier molecular flexibility index (Phi) is 4.84. The van der Waals surface area contributed by atoms with Gasteiger partial charge in [0.15, 0.2) is 0 Å². The number of carboxylic acid groups (broad SMARTS) is 1. The third kappa shape index (κ3) is 4.78. The minimum absolute atomic E-state index is 0.183. The first-order valence-electron chi connectivity index (χ1n) is 4.97. The van der Waals surface area contributed by atoms with Crippen LogP contribution in [0.15, 0.2) is 24.3 Å². The standard InChI is InChI=1S/C11H13F2NO3/c12-10(13)6-17-8-3-1-7(2-4-8)9(14)5-11(15)16/h1-4,9-10H,5-6,14H2,(H,15,16). The van der Waals surface area contributed by atoms with Gasteiger partial charge in [0.1, 0.15) is 12.4 Å². The fourth-order valence-corrected chi connectivity index (χ4v) is 1.28. The summed E-state index contributed by atoms with van der Waals surface area (Å²) in [6.07, 6.45) is -2.71. The lowest BCUT2D eigenvalue weighted by atomic mass is 10.1. The largest absolute Gasteiger partial charge is 0.488 e. The first-order chi connectivity index (χ1) is 7.99. The van der Waals surface area contributed by atoms with E-state index in [1.165, 1.54) is 12.1 Å². The van der Waals surface area contributed by atoms with Crippen molar-refractivity contribution in [3.05, 3.63) is 29.8 Å². The van der Waals surface area contributed by atoms with Crippen LogP contribution in [0.1, 0.15) is 18.0 Å². The van der Waals surface area contributed by atoms with Gasteiger partial charge in [-0.15, -0.1) is 0 Å². The molecule has 1 aromatic rings. The van der Waals surface area contributed by atoms with Crippen molar-refractivity contribution in [1.82, 2.24) is 0 Å². The molecule has 0 bridgehead atoms. The molecule has 0 saturated heterocycles. The van der Waals surface area contributed by atoms with E-state index in [0.29, 0.717) is 11.3 Å². The number of ether oxygens (including phenoxy) is 1. The van der Waals surface area contributed by atoms with Crippen LogP contribution in [0.2, 0.25) is 0 Å². The minimum Gasteiger partial charge on any atom is -0.488 e. The molecule has 0 radical (unpaired) electrons. The van der Waals surface area contributed by atoms with E-state index < -0.39 is 25.0 Å². The Hall–Kier alpha value is -1.69. The second-order valence-corrected chi connectivity index (χ2v) is 3.48. The molecule has 0 fully saturated rings. The van der Waals surface area contributed by atoms with E-state index in [1.807, 2.05) is 0 Å². The monoisotopic (exact) mass is 245 g/mol. The first kappa shape index (κ1) is 13.4. The van der Waals surface area contributed by atoms with Crippen molar-refractivity contribution in [3.63, 3.8) is 0 Å². The Balaban J connectivity index is 2.58. The summed E-state index contributed by atoms with van der Waals surface area (Å²) >= 11 is 0. The second-order valence-electron chi connectivity index (χ2n) is 3.48. The van der Waals surface area contributed by atoms with Crippen LogP contribution in [0.5, 0.6) is 5.75 Å². The fourth-order valence-electron chi connectivity index (χ4n) is 1.28. The summed E-state index contributed by atoms with van der Waals surface area (Å²) in [6, 6.07) is 5.48. The van der Waals surface area contributed by atoms with Gasteiger partial charge in [-0.2, -0.15) is 0 Å². The molecule has 3 N–H and O–H groups in total. The fraction of sp³-hybridized carbons (Fsp3) is 0.364. The van der Waals surface area contributed by atoms with Crippen molar-refractivity contribution in [3.8, 4) is 5.75 Å². The highest BCUT2D eigenvalue weighted by Gasteiger charge is 2.10. The molecule has 0 aromatic heterocycles. The SMILES string of the molecule is NC(CC(=O)O)c1ccc(OCC(F)F)cc1. The molecule has 1 rings (SSSR count). The number of carboxylic acids is 1. The Bertz CT molecular complexity index is 367. The Labute approximate surface area is 97.0 Å². The Morgan fingerprint density at radius 2 is 1.94 bits per heavy atom. The van der Waals surface area contributed by atoms with Crippen LogP contribution in [0.4, 0.5) is 8.78 Å². The van der Waals surface area contributed by atoms with E-state index >= 15 is 0 Å². The number of hydrogen-bond donors (Lipinski definition) is 2. The molecule has 6 heteroatoms. The maximum Gasteiger partial charge on any atom is 0.305 e. The van der Waals surface area contributed by atoms with Gasteiger partial charge < -0.3 is 15.6 Å². The lowest BCUT2D eigenvalue weighted by Crippen LogP contribution is -2.15. The molecule has 17 heavy (non-hydrogen) atoms. The van der Waals surface area contributed by atoms with Crippen LogP contribution < -0.4 is 10.5 Å². The van der Waals surface area contributed by atoms with Gasteiger partial charge in [-0.25, -0.2) is 8.78 Å². The number of halogens is 2. The quantitative estimate of drug-likeness (QED) is 0.801. The third-order valence-electron chi connectivity index (χ3n) is 2.08. The van der Waals surface area contributed by atoms with Crippen molar-refractivity contribution in [2.75, 3.05) is 6.61 Å². The van der Waals surface area contributed by atoms with Crippen LogP contribution in [-0.4, -0.2) is 24.1 Å². The normalized spacial score (nSPS) is 12.5. The molecule has 0 aliphatic carbocycles. The van der Waals surface area contributed by atoms with Crippen molar-refractivity contribution < 1.29 is 23.4 Å². The van der Waals surface area contributed by atoms with Gasteiger partial charge in [0.2, 0.25) is 0 Å². The minimum atomic E-state index is -2.52. The molecule has 0 heterocycles. The van der Waals surface area contributed by atoms with Crippen molar-refractivity contribution >= 4 is 5.97 Å². The first-order valence-corrected chi connectivity index (χ1v) is 4.97. The number of benzene rings is 1. The highest BCUT2D eigenvalue weighted by Crippen LogP contribution is 2.18. The van der Waals surface area contributed by atoms with Gasteiger partial charge in [0, 0.05) is 6.04 Å². The molecule has 1 aromatic carbocycles. The number of hydrogen-bond acceptors (Lipinski definition) is 3. The van der Waals surface area contributed by atoms with E-state index in [2.05, 4.69) is 0 Å². The smallest absolute Gasteiger partial charge is 0.305 e. The predicted octanol–water partition coefficient (Wildman–Crippen LogP) is 1.80. The number of rotatable bonds is 6. The molecule has 4 nitrogen and oxygen atoms in total. The second kappa shape index (κ2) is 6.15. The molecule has 94 valence electrons. The van der Waals surface area contributed by atoms with Crippen LogP contribution in [0.3, 0.4) is 0 Å². The van der Waals surface area contributed by atoms with Gasteiger partial charge in [-0.05, 0) is 17.7 Å². The summed E-state index contributed by atoms with van der Waals surface area (Å²) in [7, 11) is 0. The molecule has 1 atom stereocenters. The summed E-state index contributed by atoms with van der Waals surface area (Å²) in [5, 5.41) is 8.56. The maximum absolute atomic E-state index is 11.9. The molecular formula is C11H13F2NO3. The van der Waals surface area contributed by atoms with E-state index in [1.54, 1.807) is 12.1 Å². The summed E-state index contributed by atoms with van der Waals surface area (Å²) < 4.78 is 28.5. The topological polar surface area (TPSA) is 72.6 Å². The van der Waals surface area contributed by atoms with E-state index in [4.69, 9.17) is 15.6 Å². The Morgan fingerprint density at radius 1 is 1.35 bits per heavy atom. The zero-order valence-corrected chi connectivity index (χ0v) is 8.98. The molecule has 0 aliphatic heterocycles. The molecule has 0 amide bonds. The predicted molar refractivity (Wildman–Crippen MR) is 57.1 cm³/mol. The van der Waals surface area contributed by atoms with Crippen LogP contribution >= 0.6 is 0 Å². The van der Waals surface area contributed by atoms with Crippen molar-refractivity contribution in [2.24, 2.45) is 5.73 Å². The molecule has 0 aliphatic rings. The summed E-state index contributed by atoms with van der Waals surface area (Å²) in [4.78, 5) is 10.4. The van der Waals surface area contributed by atoms with Gasteiger partial charge >= 0.3 is 5.97 Å². The van der Waals surface area contributed by atoms with Gasteiger partial charge in [-0.3, -0.25) is 4.79 Å². The lowest BCUT2D eigenvalue weighted by Gasteiger charge is -2.10. The van der Waals surface area contributed by atoms with Crippen LogP contribution in [0, 0.1) is 0 Å². The van der Waals surface area contributed by atoms with E-state index in [-0.39, 0.29) is 6.42 Å². The molecular weight excluding hydrogens is 232 g/mol. The zero-order valence-electron chi connectivity index (χ0n) is 8.98. The highest BCUT2D eigenvalue weighted by molar-refractivity contribution is 5.67. The summed E-state index contributed by atoms with van der Waals surface area (Å²) in [5.41, 5.74) is 6.25. The summed E-state index contributed by atoms with van der Waals surface area (Å²) in [6.45, 7) is -0.666. The van der Waals surface area contributed by atoms with E-state index in [9.17, 15) is 13.6 Å². The zero-order chi connectivity index (χ0) is 12.8. The highest BCUT2D eigenvalue weighted by atomic mass is 19.3. The lowest BCUT2D eigenvalue weighted by molar-refractivity contribution is -0.137. The van der Waals surface area contributed by atoms with Crippen molar-refractivity contribution in [1.29, 1.82) is 0 Å². The van der Waals surface area contributed by atoms with Gasteiger partial charge in [-0.1, -0.05) is 12.1 Å². The molecule has 0 saturated carbocycles. The summed E-state index contributed by atoms with van der Waals surface area (Å²) in [5.74, 6) is -0.688. The maximum atomic E-state index is 11.9. The average molecular weight is 245 g/mol. The van der Waals surface area contributed by atoms with Crippen LogP contribution in [0.25, 0.3) is 0 Å². The number of nitrogens with two attached hydrogens (primary N) is 1. The van der Waals surface area contributed by atoms with Gasteiger partial charge in [0.05, 0.1) is 6.42 Å². The molecule has 0 spiro atoms. The average Bonchev–Trinajstić information content (AvgIpc) is 2.26. The van der Waals surface area contributed by atoms with Gasteiger partial charge in [0.25, 0.3) is 6.43 Å². The van der Waals surface area contributed by atoms with Crippen molar-refractivity contribution in [2.45, 2.75) is 18.9 Å². The van der Waals surface area contributed by atoms with E-state index in [0.717, 1.165) is 0 Å². The molecule has 1 unspecified atom stereocenters. The number of carbonyl (C=O) groups is 1. The van der Waals surface area contributed by atoms with Crippen LogP contribution in [-0.2, 0) is 4.79 Å². The third-order valence-corrected chi connectivity index (χ3v) is 2.08. The Morgan fingerprint density at radius 3 is 2.41 bits per heavy atom. The number of aliphatic carboxylic acids is 1.